The number of rotatable bonds is 3. The third kappa shape index (κ3) is 1.91. The smallest absolute Gasteiger partial charge is 0.263 e. The number of aromatic amines is 1. The molecule has 0 bridgehead atoms. The van der Waals surface area contributed by atoms with Crippen molar-refractivity contribution in [1.82, 2.24) is 19.2 Å². The fourth-order valence-corrected chi connectivity index (χ4v) is 4.99. The maximum Gasteiger partial charge on any atom is 0.263 e. The van der Waals surface area contributed by atoms with Gasteiger partial charge < -0.3 is 0 Å². The molecule has 1 aliphatic carbocycles. The Bertz CT molecular complexity index is 975. The summed E-state index contributed by atoms with van der Waals surface area (Å²) in [5.74, 6) is 0.648. The molecule has 3 aromatic heterocycles. The van der Waals surface area contributed by atoms with Crippen LogP contribution in [0.2, 0.25) is 0 Å². The van der Waals surface area contributed by atoms with E-state index in [1.165, 1.54) is 23.3 Å². The zero-order chi connectivity index (χ0) is 15.3. The van der Waals surface area contributed by atoms with Gasteiger partial charge in [-0.25, -0.2) is 9.50 Å². The Morgan fingerprint density at radius 1 is 1.36 bits per heavy atom. The number of hydrogen-bond donors (Lipinski definition) is 1. The lowest BCUT2D eigenvalue weighted by Gasteiger charge is -2.11. The van der Waals surface area contributed by atoms with Crippen LogP contribution in [0.1, 0.15) is 43.0 Å². The standard InChI is InChI=1S/C15H18N4OS2/c1-2-3-8-18-12(20)11-9-6-4-5-7-10(9)22-13(11)19-14(18)16-17-15(19)21/h2-8H2,1H3,(H,17,21). The molecule has 0 saturated carbocycles. The van der Waals surface area contributed by atoms with Crippen molar-refractivity contribution in [3.63, 3.8) is 0 Å². The van der Waals surface area contributed by atoms with Crippen molar-refractivity contribution in [2.45, 2.75) is 52.0 Å². The molecule has 0 aliphatic heterocycles. The first-order valence-electron chi connectivity index (χ1n) is 7.86. The van der Waals surface area contributed by atoms with Crippen LogP contribution in [-0.2, 0) is 19.4 Å². The van der Waals surface area contributed by atoms with E-state index in [0.717, 1.165) is 35.9 Å². The highest BCUT2D eigenvalue weighted by Gasteiger charge is 2.23. The summed E-state index contributed by atoms with van der Waals surface area (Å²) in [4.78, 5) is 15.4. The highest BCUT2D eigenvalue weighted by Crippen LogP contribution is 2.34. The Hall–Kier alpha value is -1.47. The molecule has 22 heavy (non-hydrogen) atoms. The Balaban J connectivity index is 2.16. The molecule has 0 unspecified atom stereocenters. The van der Waals surface area contributed by atoms with Gasteiger partial charge in [-0.05, 0) is 49.9 Å². The Kier molecular flexibility index (Phi) is 3.41. The summed E-state index contributed by atoms with van der Waals surface area (Å²) in [6.45, 7) is 2.82. The van der Waals surface area contributed by atoms with Crippen molar-refractivity contribution in [1.29, 1.82) is 0 Å². The van der Waals surface area contributed by atoms with E-state index >= 15 is 0 Å². The van der Waals surface area contributed by atoms with Crippen molar-refractivity contribution < 1.29 is 0 Å². The van der Waals surface area contributed by atoms with Gasteiger partial charge in [0.15, 0.2) is 0 Å². The maximum atomic E-state index is 13.1. The molecule has 0 aromatic carbocycles. The lowest BCUT2D eigenvalue weighted by Crippen LogP contribution is -2.23. The van der Waals surface area contributed by atoms with E-state index in [1.54, 1.807) is 15.9 Å². The first kappa shape index (κ1) is 14.1. The molecule has 5 nitrogen and oxygen atoms in total. The van der Waals surface area contributed by atoms with Crippen LogP contribution in [-0.4, -0.2) is 19.2 Å². The molecule has 0 spiro atoms. The van der Waals surface area contributed by atoms with Gasteiger partial charge in [-0.15, -0.1) is 16.4 Å². The number of H-pyrrole nitrogens is 1. The lowest BCUT2D eigenvalue weighted by atomic mass is 9.97. The van der Waals surface area contributed by atoms with Crippen LogP contribution in [0.25, 0.3) is 16.0 Å². The van der Waals surface area contributed by atoms with Gasteiger partial charge in [0.1, 0.15) is 4.83 Å². The van der Waals surface area contributed by atoms with Gasteiger partial charge in [0.25, 0.3) is 5.56 Å². The average Bonchev–Trinajstić information content (AvgIpc) is 3.08. The van der Waals surface area contributed by atoms with E-state index in [0.29, 0.717) is 17.1 Å². The van der Waals surface area contributed by atoms with Crippen LogP contribution < -0.4 is 5.56 Å². The van der Waals surface area contributed by atoms with E-state index in [1.807, 2.05) is 4.40 Å². The molecule has 0 fully saturated rings. The van der Waals surface area contributed by atoms with Crippen LogP contribution in [0.3, 0.4) is 0 Å². The summed E-state index contributed by atoms with van der Waals surface area (Å²) in [6.07, 6.45) is 6.48. The predicted octanol–water partition coefficient (Wildman–Crippen LogP) is 3.45. The molecule has 3 aromatic rings. The monoisotopic (exact) mass is 334 g/mol. The Labute approximate surface area is 136 Å². The number of thiophene rings is 1. The molecule has 7 heteroatoms. The van der Waals surface area contributed by atoms with Crippen molar-refractivity contribution >= 4 is 39.5 Å². The maximum absolute atomic E-state index is 13.1. The largest absolute Gasteiger partial charge is 0.276 e. The Morgan fingerprint density at radius 2 is 2.18 bits per heavy atom. The van der Waals surface area contributed by atoms with Crippen LogP contribution in [0.4, 0.5) is 0 Å². The molecule has 4 rings (SSSR count). The number of aromatic nitrogens is 4. The number of nitrogens with one attached hydrogen (secondary N) is 1. The zero-order valence-corrected chi connectivity index (χ0v) is 14.1. The normalized spacial score (nSPS) is 14.8. The van der Waals surface area contributed by atoms with Gasteiger partial charge in [-0.3, -0.25) is 9.36 Å². The molecule has 1 N–H and O–H groups in total. The van der Waals surface area contributed by atoms with Crippen molar-refractivity contribution in [3.05, 3.63) is 25.6 Å². The first-order valence-corrected chi connectivity index (χ1v) is 9.09. The first-order chi connectivity index (χ1) is 10.7. The number of nitrogens with zero attached hydrogens (tertiary/aromatic N) is 3. The number of aryl methyl sites for hydroxylation is 3. The van der Waals surface area contributed by atoms with Gasteiger partial charge in [0.05, 0.1) is 5.39 Å². The van der Waals surface area contributed by atoms with Crippen molar-refractivity contribution in [2.75, 3.05) is 0 Å². The van der Waals surface area contributed by atoms with Gasteiger partial charge in [-0.2, -0.15) is 0 Å². The van der Waals surface area contributed by atoms with Crippen molar-refractivity contribution in [3.8, 4) is 0 Å². The highest BCUT2D eigenvalue weighted by molar-refractivity contribution is 7.71. The summed E-state index contributed by atoms with van der Waals surface area (Å²) in [6, 6.07) is 0. The van der Waals surface area contributed by atoms with E-state index in [4.69, 9.17) is 12.2 Å². The van der Waals surface area contributed by atoms with Crippen LogP contribution in [0.15, 0.2) is 4.79 Å². The van der Waals surface area contributed by atoms with Gasteiger partial charge in [0, 0.05) is 11.4 Å². The molecule has 3 heterocycles. The van der Waals surface area contributed by atoms with Gasteiger partial charge in [-0.1, -0.05) is 13.3 Å². The predicted molar refractivity (Wildman–Crippen MR) is 91.6 cm³/mol. The minimum atomic E-state index is 0.101. The van der Waals surface area contributed by atoms with Crippen molar-refractivity contribution in [2.24, 2.45) is 0 Å². The summed E-state index contributed by atoms with van der Waals surface area (Å²) in [5.41, 5.74) is 1.36. The number of hydrogen-bond acceptors (Lipinski definition) is 4. The average molecular weight is 334 g/mol. The topological polar surface area (TPSA) is 55.1 Å². The third-order valence-corrected chi connectivity index (χ3v) is 6.00. The lowest BCUT2D eigenvalue weighted by molar-refractivity contribution is 0.620. The van der Waals surface area contributed by atoms with Gasteiger partial charge in [0.2, 0.25) is 10.5 Å². The van der Waals surface area contributed by atoms with E-state index < -0.39 is 0 Å². The third-order valence-electron chi connectivity index (χ3n) is 4.45. The van der Waals surface area contributed by atoms with E-state index in [9.17, 15) is 4.79 Å². The Morgan fingerprint density at radius 3 is 3.00 bits per heavy atom. The molecule has 0 radical (unpaired) electrons. The molecular formula is C15H18N4OS2. The van der Waals surface area contributed by atoms with Crippen LogP contribution in [0, 0.1) is 4.77 Å². The molecule has 116 valence electrons. The van der Waals surface area contributed by atoms with Crippen LogP contribution in [0.5, 0.6) is 0 Å². The molecule has 0 amide bonds. The minimum absolute atomic E-state index is 0.101. The molecule has 1 aliphatic rings. The van der Waals surface area contributed by atoms with E-state index in [-0.39, 0.29) is 5.56 Å². The van der Waals surface area contributed by atoms with E-state index in [2.05, 4.69) is 17.1 Å². The summed E-state index contributed by atoms with van der Waals surface area (Å²) in [7, 11) is 0. The van der Waals surface area contributed by atoms with Gasteiger partial charge >= 0.3 is 0 Å². The fraction of sp³-hybridized carbons (Fsp3) is 0.533. The van der Waals surface area contributed by atoms with Crippen LogP contribution >= 0.6 is 23.6 Å². The minimum Gasteiger partial charge on any atom is -0.276 e. The highest BCUT2D eigenvalue weighted by atomic mass is 32.1. The summed E-state index contributed by atoms with van der Waals surface area (Å²) < 4.78 is 4.31. The number of fused-ring (bicyclic) bond motifs is 5. The molecule has 0 atom stereocenters. The number of unbranched alkanes of at least 4 members (excludes halogenated alkanes) is 1. The molecule has 0 saturated heterocycles. The fourth-order valence-electron chi connectivity index (χ4n) is 3.33. The second kappa shape index (κ2) is 5.31. The SMILES string of the molecule is CCCCn1c(=O)c2c3c(sc2n2c(=S)[nH]nc12)CCCC3. The summed E-state index contributed by atoms with van der Waals surface area (Å²) >= 11 is 7.12. The quantitative estimate of drug-likeness (QED) is 0.747. The second-order valence-electron chi connectivity index (χ2n) is 5.87. The molecular weight excluding hydrogens is 316 g/mol. The second-order valence-corrected chi connectivity index (χ2v) is 7.34. The summed E-state index contributed by atoms with van der Waals surface area (Å²) in [5, 5.41) is 8.04. The zero-order valence-electron chi connectivity index (χ0n) is 12.5.